The van der Waals surface area contributed by atoms with E-state index in [1.807, 2.05) is 0 Å². The molecule has 0 aromatic heterocycles. The van der Waals surface area contributed by atoms with E-state index in [2.05, 4.69) is 10.2 Å². The molecule has 0 radical (unpaired) electrons. The molecular formula is C15H26N2O2. The Morgan fingerprint density at radius 3 is 2.47 bits per heavy atom. The first-order chi connectivity index (χ1) is 9.20. The maximum atomic E-state index is 11.3. The lowest BCUT2D eigenvalue weighted by molar-refractivity contribution is -0.144. The van der Waals surface area contributed by atoms with Crippen LogP contribution < -0.4 is 5.32 Å². The topological polar surface area (TPSA) is 52.6 Å². The van der Waals surface area contributed by atoms with Crippen molar-refractivity contribution in [3.63, 3.8) is 0 Å². The molecule has 3 aliphatic rings. The predicted molar refractivity (Wildman–Crippen MR) is 74.1 cm³/mol. The summed E-state index contributed by atoms with van der Waals surface area (Å²) in [5, 5.41) is 13.1. The smallest absolute Gasteiger partial charge is 0.307 e. The van der Waals surface area contributed by atoms with Crippen molar-refractivity contribution in [2.24, 2.45) is 11.8 Å². The van der Waals surface area contributed by atoms with Gasteiger partial charge in [0.2, 0.25) is 0 Å². The first kappa shape index (κ1) is 13.4. The van der Waals surface area contributed by atoms with Crippen LogP contribution in [0.3, 0.4) is 0 Å². The molecule has 0 aromatic rings. The highest BCUT2D eigenvalue weighted by atomic mass is 16.4. The van der Waals surface area contributed by atoms with Crippen LogP contribution in [-0.4, -0.2) is 47.7 Å². The molecule has 1 saturated heterocycles. The first-order valence-corrected chi connectivity index (χ1v) is 7.92. The SMILES string of the molecule is O=C(O)C1CC(NC2CCCC2)CN(CC2CC2)C1. The number of nitrogens with zero attached hydrogens (tertiary/aromatic N) is 1. The van der Waals surface area contributed by atoms with Gasteiger partial charge in [-0.25, -0.2) is 0 Å². The van der Waals surface area contributed by atoms with Crippen LogP contribution in [0.4, 0.5) is 0 Å². The third-order valence-electron chi connectivity index (χ3n) is 4.92. The van der Waals surface area contributed by atoms with Crippen LogP contribution in [-0.2, 0) is 4.79 Å². The molecule has 108 valence electrons. The van der Waals surface area contributed by atoms with Gasteiger partial charge in [-0.2, -0.15) is 0 Å². The summed E-state index contributed by atoms with van der Waals surface area (Å²) in [5.74, 6) is 0.0600. The van der Waals surface area contributed by atoms with Crippen molar-refractivity contribution in [1.82, 2.24) is 10.2 Å². The summed E-state index contributed by atoms with van der Waals surface area (Å²) in [7, 11) is 0. The number of carboxylic acid groups (broad SMARTS) is 1. The quantitative estimate of drug-likeness (QED) is 0.795. The molecule has 0 aromatic carbocycles. The van der Waals surface area contributed by atoms with Crippen molar-refractivity contribution in [1.29, 1.82) is 0 Å². The highest BCUT2D eigenvalue weighted by Gasteiger charge is 2.35. The summed E-state index contributed by atoms with van der Waals surface area (Å²) in [6.07, 6.45) is 8.71. The lowest BCUT2D eigenvalue weighted by Gasteiger charge is -2.38. The molecule has 19 heavy (non-hydrogen) atoms. The largest absolute Gasteiger partial charge is 0.481 e. The zero-order chi connectivity index (χ0) is 13.2. The molecule has 0 spiro atoms. The summed E-state index contributed by atoms with van der Waals surface area (Å²) < 4.78 is 0. The number of hydrogen-bond donors (Lipinski definition) is 2. The molecule has 2 unspecified atom stereocenters. The van der Waals surface area contributed by atoms with E-state index in [0.29, 0.717) is 12.1 Å². The van der Waals surface area contributed by atoms with Crippen LogP contribution in [0.1, 0.15) is 44.9 Å². The van der Waals surface area contributed by atoms with Gasteiger partial charge in [-0.05, 0) is 38.0 Å². The Hall–Kier alpha value is -0.610. The molecule has 1 aliphatic heterocycles. The van der Waals surface area contributed by atoms with Gasteiger partial charge < -0.3 is 15.3 Å². The van der Waals surface area contributed by atoms with E-state index in [1.54, 1.807) is 0 Å². The molecule has 2 saturated carbocycles. The Bertz CT molecular complexity index is 324. The summed E-state index contributed by atoms with van der Waals surface area (Å²) >= 11 is 0. The molecule has 2 aliphatic carbocycles. The molecular weight excluding hydrogens is 240 g/mol. The molecule has 2 N–H and O–H groups in total. The van der Waals surface area contributed by atoms with Crippen LogP contribution in [0.25, 0.3) is 0 Å². The number of carboxylic acids is 1. The van der Waals surface area contributed by atoms with Crippen LogP contribution >= 0.6 is 0 Å². The molecule has 0 bridgehead atoms. The standard InChI is InChI=1S/C15H26N2O2/c18-15(19)12-7-14(16-13-3-1-2-4-13)10-17(9-12)8-11-5-6-11/h11-14,16H,1-10H2,(H,18,19). The summed E-state index contributed by atoms with van der Waals surface area (Å²) in [6.45, 7) is 2.93. The second-order valence-corrected chi connectivity index (χ2v) is 6.78. The van der Waals surface area contributed by atoms with Gasteiger partial charge in [0.1, 0.15) is 0 Å². The molecule has 4 heteroatoms. The van der Waals surface area contributed by atoms with Gasteiger partial charge in [0, 0.05) is 31.7 Å². The summed E-state index contributed by atoms with van der Waals surface area (Å²) in [4.78, 5) is 13.7. The maximum Gasteiger partial charge on any atom is 0.307 e. The van der Waals surface area contributed by atoms with Gasteiger partial charge in [-0.15, -0.1) is 0 Å². The van der Waals surface area contributed by atoms with Gasteiger partial charge in [-0.1, -0.05) is 12.8 Å². The number of aliphatic carboxylic acids is 1. The zero-order valence-electron chi connectivity index (χ0n) is 11.7. The molecule has 0 amide bonds. The van der Waals surface area contributed by atoms with Crippen LogP contribution in [0.5, 0.6) is 0 Å². The number of hydrogen-bond acceptors (Lipinski definition) is 3. The second-order valence-electron chi connectivity index (χ2n) is 6.78. The van der Waals surface area contributed by atoms with Crippen molar-refractivity contribution in [2.75, 3.05) is 19.6 Å². The Kier molecular flexibility index (Phi) is 4.08. The fourth-order valence-corrected chi connectivity index (χ4v) is 3.73. The van der Waals surface area contributed by atoms with Gasteiger partial charge in [-0.3, -0.25) is 4.79 Å². The van der Waals surface area contributed by atoms with Crippen LogP contribution in [0.2, 0.25) is 0 Å². The van der Waals surface area contributed by atoms with E-state index in [4.69, 9.17) is 0 Å². The van der Waals surface area contributed by atoms with Gasteiger partial charge in [0.25, 0.3) is 0 Å². The average molecular weight is 266 g/mol. The number of nitrogens with one attached hydrogen (secondary N) is 1. The number of piperidine rings is 1. The van der Waals surface area contributed by atoms with Crippen molar-refractivity contribution in [2.45, 2.75) is 57.0 Å². The zero-order valence-corrected chi connectivity index (χ0v) is 11.7. The van der Waals surface area contributed by atoms with Crippen molar-refractivity contribution >= 4 is 5.97 Å². The lowest BCUT2D eigenvalue weighted by atomic mass is 9.93. The van der Waals surface area contributed by atoms with Crippen molar-refractivity contribution < 1.29 is 9.90 Å². The van der Waals surface area contributed by atoms with E-state index >= 15 is 0 Å². The highest BCUT2D eigenvalue weighted by Crippen LogP contribution is 2.31. The van der Waals surface area contributed by atoms with Gasteiger partial charge >= 0.3 is 5.97 Å². The Balaban J connectivity index is 1.56. The third-order valence-corrected chi connectivity index (χ3v) is 4.92. The van der Waals surface area contributed by atoms with Gasteiger partial charge in [0.15, 0.2) is 0 Å². The maximum absolute atomic E-state index is 11.3. The van der Waals surface area contributed by atoms with Gasteiger partial charge in [0.05, 0.1) is 5.92 Å². The Labute approximate surface area is 115 Å². The average Bonchev–Trinajstić information content (AvgIpc) is 3.03. The van der Waals surface area contributed by atoms with Crippen LogP contribution in [0.15, 0.2) is 0 Å². The minimum Gasteiger partial charge on any atom is -0.481 e. The number of rotatable bonds is 5. The fourth-order valence-electron chi connectivity index (χ4n) is 3.73. The Morgan fingerprint density at radius 1 is 1.11 bits per heavy atom. The fraction of sp³-hybridized carbons (Fsp3) is 0.933. The molecule has 3 rings (SSSR count). The van der Waals surface area contributed by atoms with E-state index in [0.717, 1.165) is 32.0 Å². The van der Waals surface area contributed by atoms with E-state index in [-0.39, 0.29) is 5.92 Å². The lowest BCUT2D eigenvalue weighted by Crippen LogP contribution is -2.53. The van der Waals surface area contributed by atoms with E-state index in [9.17, 15) is 9.90 Å². The predicted octanol–water partition coefficient (Wildman–Crippen LogP) is 1.70. The van der Waals surface area contributed by atoms with Crippen LogP contribution in [0, 0.1) is 11.8 Å². The van der Waals surface area contributed by atoms with E-state index < -0.39 is 5.97 Å². The molecule has 3 fully saturated rings. The summed E-state index contributed by atoms with van der Waals surface area (Å²) in [6, 6.07) is 1.03. The third kappa shape index (κ3) is 3.69. The second kappa shape index (κ2) is 5.80. The monoisotopic (exact) mass is 266 g/mol. The Morgan fingerprint density at radius 2 is 1.84 bits per heavy atom. The molecule has 4 nitrogen and oxygen atoms in total. The van der Waals surface area contributed by atoms with E-state index in [1.165, 1.54) is 38.5 Å². The number of likely N-dealkylation sites (tertiary alicyclic amines) is 1. The minimum atomic E-state index is -0.612. The summed E-state index contributed by atoms with van der Waals surface area (Å²) in [5.41, 5.74) is 0. The van der Waals surface area contributed by atoms with Crippen molar-refractivity contribution in [3.8, 4) is 0 Å². The normalized spacial score (nSPS) is 33.7. The molecule has 1 heterocycles. The highest BCUT2D eigenvalue weighted by molar-refractivity contribution is 5.70. The number of carbonyl (C=O) groups is 1. The van der Waals surface area contributed by atoms with Crippen molar-refractivity contribution in [3.05, 3.63) is 0 Å². The minimum absolute atomic E-state index is 0.175. The molecule has 2 atom stereocenters. The first-order valence-electron chi connectivity index (χ1n) is 7.92.